The molecule has 3 aromatic rings. The van der Waals surface area contributed by atoms with Gasteiger partial charge in [-0.15, -0.1) is 0 Å². The summed E-state index contributed by atoms with van der Waals surface area (Å²) in [6, 6.07) is 12.2. The third-order valence-corrected chi connectivity index (χ3v) is 3.58. The van der Waals surface area contributed by atoms with Crippen LogP contribution in [0, 0.1) is 5.82 Å². The van der Waals surface area contributed by atoms with Crippen molar-refractivity contribution in [1.82, 2.24) is 4.98 Å². The summed E-state index contributed by atoms with van der Waals surface area (Å²) >= 11 is 7.31. The van der Waals surface area contributed by atoms with E-state index in [1.165, 1.54) is 23.5 Å². The summed E-state index contributed by atoms with van der Waals surface area (Å²) in [5.41, 5.74) is 1.52. The second-order valence-electron chi connectivity index (χ2n) is 3.77. The molecule has 18 heavy (non-hydrogen) atoms. The fourth-order valence-corrected chi connectivity index (χ4v) is 2.78. The van der Waals surface area contributed by atoms with Crippen LogP contribution in [0.1, 0.15) is 0 Å². The molecule has 2 nitrogen and oxygen atoms in total. The second-order valence-corrected chi connectivity index (χ2v) is 5.24. The number of nitrogens with zero attached hydrogens (tertiary/aromatic N) is 1. The Bertz CT molecular complexity index is 658. The van der Waals surface area contributed by atoms with Crippen LogP contribution < -0.4 is 5.32 Å². The molecule has 0 unspecified atom stereocenters. The highest BCUT2D eigenvalue weighted by Crippen LogP contribution is 2.29. The highest BCUT2D eigenvalue weighted by atomic mass is 35.5. The molecule has 5 heteroatoms. The predicted molar refractivity (Wildman–Crippen MR) is 74.3 cm³/mol. The highest BCUT2D eigenvalue weighted by Gasteiger charge is 2.05. The average molecular weight is 279 g/mol. The summed E-state index contributed by atoms with van der Waals surface area (Å²) in [6.07, 6.45) is 0. The first kappa shape index (κ1) is 11.4. The fraction of sp³-hybridized carbons (Fsp3) is 0. The normalized spacial score (nSPS) is 10.8. The molecule has 0 aliphatic carbocycles. The topological polar surface area (TPSA) is 24.9 Å². The third kappa shape index (κ3) is 2.30. The van der Waals surface area contributed by atoms with Gasteiger partial charge in [0.25, 0.3) is 0 Å². The summed E-state index contributed by atoms with van der Waals surface area (Å²) < 4.78 is 14.3. The van der Waals surface area contributed by atoms with Crippen molar-refractivity contribution in [3.05, 3.63) is 53.3 Å². The van der Waals surface area contributed by atoms with Crippen LogP contribution in [0.5, 0.6) is 0 Å². The number of halogens is 2. The summed E-state index contributed by atoms with van der Waals surface area (Å²) in [6.45, 7) is 0. The second kappa shape index (κ2) is 4.55. The lowest BCUT2D eigenvalue weighted by molar-refractivity contribution is 0.628. The van der Waals surface area contributed by atoms with E-state index in [1.54, 1.807) is 6.07 Å². The molecule has 1 heterocycles. The summed E-state index contributed by atoms with van der Waals surface area (Å²) in [7, 11) is 0. The Morgan fingerprint density at radius 1 is 1.17 bits per heavy atom. The van der Waals surface area contributed by atoms with Crippen LogP contribution in [0.15, 0.2) is 42.5 Å². The van der Waals surface area contributed by atoms with Crippen LogP contribution in [-0.4, -0.2) is 4.98 Å². The Kier molecular flexibility index (Phi) is 2.89. The quantitative estimate of drug-likeness (QED) is 0.726. The Morgan fingerprint density at radius 2 is 2.00 bits per heavy atom. The van der Waals surface area contributed by atoms with Gasteiger partial charge in [0.15, 0.2) is 5.13 Å². The van der Waals surface area contributed by atoms with Gasteiger partial charge in [-0.3, -0.25) is 0 Å². The number of rotatable bonds is 2. The van der Waals surface area contributed by atoms with Crippen molar-refractivity contribution in [3.8, 4) is 0 Å². The number of hydrogen-bond donors (Lipinski definition) is 1. The van der Waals surface area contributed by atoms with Crippen LogP contribution in [0.2, 0.25) is 5.02 Å². The van der Waals surface area contributed by atoms with E-state index < -0.39 is 0 Å². The zero-order chi connectivity index (χ0) is 12.5. The van der Waals surface area contributed by atoms with Crippen LogP contribution in [-0.2, 0) is 0 Å². The minimum atomic E-state index is -0.369. The van der Waals surface area contributed by atoms with E-state index in [0.717, 1.165) is 15.3 Å². The summed E-state index contributed by atoms with van der Waals surface area (Å²) in [5.74, 6) is -0.369. The van der Waals surface area contributed by atoms with Crippen LogP contribution in [0.4, 0.5) is 15.2 Å². The summed E-state index contributed by atoms with van der Waals surface area (Å²) in [5, 5.41) is 4.14. The van der Waals surface area contributed by atoms with Crippen LogP contribution in [0.25, 0.3) is 10.2 Å². The Balaban J connectivity index is 1.96. The van der Waals surface area contributed by atoms with Crippen molar-refractivity contribution in [1.29, 1.82) is 0 Å². The zero-order valence-corrected chi connectivity index (χ0v) is 10.7. The maximum absolute atomic E-state index is 13.2. The molecule has 0 saturated heterocycles. The minimum absolute atomic E-state index is 0.360. The number of para-hydroxylation sites is 1. The van der Waals surface area contributed by atoms with E-state index in [9.17, 15) is 4.39 Å². The van der Waals surface area contributed by atoms with Gasteiger partial charge in [0.1, 0.15) is 5.82 Å². The number of fused-ring (bicyclic) bond motifs is 1. The van der Waals surface area contributed by atoms with Gasteiger partial charge in [-0.05, 0) is 30.3 Å². The molecule has 1 aromatic heterocycles. The van der Waals surface area contributed by atoms with E-state index >= 15 is 0 Å². The van der Waals surface area contributed by atoms with Gasteiger partial charge in [-0.2, -0.15) is 0 Å². The monoisotopic (exact) mass is 278 g/mol. The van der Waals surface area contributed by atoms with E-state index in [0.29, 0.717) is 10.7 Å². The first-order valence-corrected chi connectivity index (χ1v) is 6.49. The molecule has 0 fully saturated rings. The lowest BCUT2D eigenvalue weighted by Crippen LogP contribution is -1.90. The highest BCUT2D eigenvalue weighted by molar-refractivity contribution is 7.22. The number of nitrogens with one attached hydrogen (secondary N) is 1. The lowest BCUT2D eigenvalue weighted by atomic mass is 10.3. The Morgan fingerprint density at radius 3 is 2.78 bits per heavy atom. The molecule has 90 valence electrons. The predicted octanol–water partition coefficient (Wildman–Crippen LogP) is 4.83. The molecule has 0 spiro atoms. The first-order chi connectivity index (χ1) is 8.70. The molecule has 0 radical (unpaired) electrons. The average Bonchev–Trinajstić information content (AvgIpc) is 2.69. The van der Waals surface area contributed by atoms with Crippen molar-refractivity contribution >= 4 is 44.0 Å². The third-order valence-electron chi connectivity index (χ3n) is 2.41. The Hall–Kier alpha value is -1.65. The van der Waals surface area contributed by atoms with Gasteiger partial charge < -0.3 is 5.32 Å². The smallest absolute Gasteiger partial charge is 0.188 e. The molecule has 0 atom stereocenters. The molecule has 3 rings (SSSR count). The SMILES string of the molecule is Fc1cc(Cl)cc(Nc2nc3ccccc3s2)c1. The largest absolute Gasteiger partial charge is 0.331 e. The van der Waals surface area contributed by atoms with E-state index in [1.807, 2.05) is 24.3 Å². The molecular formula is C13H8ClFN2S. The van der Waals surface area contributed by atoms with Gasteiger partial charge in [-0.1, -0.05) is 35.1 Å². The van der Waals surface area contributed by atoms with Gasteiger partial charge in [0.2, 0.25) is 0 Å². The van der Waals surface area contributed by atoms with Crippen molar-refractivity contribution in [3.63, 3.8) is 0 Å². The molecule has 0 saturated carbocycles. The van der Waals surface area contributed by atoms with Crippen LogP contribution in [0.3, 0.4) is 0 Å². The summed E-state index contributed by atoms with van der Waals surface area (Å²) in [4.78, 5) is 4.41. The molecule has 0 amide bonds. The number of hydrogen-bond acceptors (Lipinski definition) is 3. The van der Waals surface area contributed by atoms with Crippen molar-refractivity contribution in [2.24, 2.45) is 0 Å². The molecule has 0 bridgehead atoms. The molecule has 0 aliphatic heterocycles. The van der Waals surface area contributed by atoms with Gasteiger partial charge in [-0.25, -0.2) is 9.37 Å². The van der Waals surface area contributed by atoms with Gasteiger partial charge in [0.05, 0.1) is 10.2 Å². The number of benzene rings is 2. The number of thiazole rings is 1. The van der Waals surface area contributed by atoms with Crippen molar-refractivity contribution in [2.75, 3.05) is 5.32 Å². The maximum Gasteiger partial charge on any atom is 0.188 e. The minimum Gasteiger partial charge on any atom is -0.331 e. The first-order valence-electron chi connectivity index (χ1n) is 5.29. The van der Waals surface area contributed by atoms with E-state index in [2.05, 4.69) is 10.3 Å². The van der Waals surface area contributed by atoms with E-state index in [-0.39, 0.29) is 5.82 Å². The lowest BCUT2D eigenvalue weighted by Gasteiger charge is -2.02. The van der Waals surface area contributed by atoms with Gasteiger partial charge in [0, 0.05) is 10.7 Å². The van der Waals surface area contributed by atoms with E-state index in [4.69, 9.17) is 11.6 Å². The number of aromatic nitrogens is 1. The molecule has 0 aliphatic rings. The Labute approximate surface area is 112 Å². The van der Waals surface area contributed by atoms with Crippen molar-refractivity contribution in [2.45, 2.75) is 0 Å². The van der Waals surface area contributed by atoms with Gasteiger partial charge >= 0.3 is 0 Å². The van der Waals surface area contributed by atoms with Crippen molar-refractivity contribution < 1.29 is 4.39 Å². The standard InChI is InChI=1S/C13H8ClFN2S/c14-8-5-9(15)7-10(6-8)16-13-17-11-3-1-2-4-12(11)18-13/h1-7H,(H,16,17). The zero-order valence-electron chi connectivity index (χ0n) is 9.15. The maximum atomic E-state index is 13.2. The fourth-order valence-electron chi connectivity index (χ4n) is 1.68. The number of anilines is 2. The van der Waals surface area contributed by atoms with Crippen LogP contribution >= 0.6 is 22.9 Å². The molecule has 1 N–H and O–H groups in total. The molecular weight excluding hydrogens is 271 g/mol. The molecule has 2 aromatic carbocycles.